The van der Waals surface area contributed by atoms with E-state index in [1.54, 1.807) is 7.05 Å². The largest absolute Gasteiger partial charge is 0.491 e. The van der Waals surface area contributed by atoms with E-state index in [2.05, 4.69) is 63.0 Å². The molecule has 44 heavy (non-hydrogen) atoms. The van der Waals surface area contributed by atoms with Crippen molar-refractivity contribution >= 4 is 0 Å². The van der Waals surface area contributed by atoms with Crippen molar-refractivity contribution < 1.29 is 24.8 Å². The summed E-state index contributed by atoms with van der Waals surface area (Å²) in [6, 6.07) is 6.38. The molecule has 6 heteroatoms. The molecule has 1 aromatic carbocycles. The predicted molar refractivity (Wildman–Crippen MR) is 196 cm³/mol. The second-order valence-corrected chi connectivity index (χ2v) is 10.2. The number of aliphatic hydroxyl groups is 3. The quantitative estimate of drug-likeness (QED) is 0.122. The Hall–Kier alpha value is -2.12. The van der Waals surface area contributed by atoms with E-state index in [4.69, 9.17) is 19.7 Å². The lowest BCUT2D eigenvalue weighted by molar-refractivity contribution is 0.0216. The van der Waals surface area contributed by atoms with Gasteiger partial charge in [0.2, 0.25) is 0 Å². The minimum Gasteiger partial charge on any atom is -0.491 e. The van der Waals surface area contributed by atoms with Crippen LogP contribution < -0.4 is 10.1 Å². The summed E-state index contributed by atoms with van der Waals surface area (Å²) in [5, 5.41) is 28.1. The van der Waals surface area contributed by atoms with Gasteiger partial charge in [0.25, 0.3) is 0 Å². The molecular formula is C38H75NO5. The van der Waals surface area contributed by atoms with Gasteiger partial charge in [-0.25, -0.2) is 0 Å². The van der Waals surface area contributed by atoms with Gasteiger partial charge in [0.05, 0.1) is 18.1 Å². The number of ether oxygens (including phenoxy) is 2. The zero-order valence-corrected chi connectivity index (χ0v) is 31.8. The molecule has 2 unspecified atom stereocenters. The molecule has 0 aliphatic carbocycles. The van der Waals surface area contributed by atoms with Crippen LogP contribution in [0, 0.1) is 12.3 Å². The molecule has 0 fully saturated rings. The molecular weight excluding hydrogens is 550 g/mol. The first-order valence-electron chi connectivity index (χ1n) is 16.7. The molecule has 0 saturated carbocycles. The number of allylic oxidation sites excluding steroid dienone is 4. The number of rotatable bonds is 14. The zero-order valence-electron chi connectivity index (χ0n) is 31.8. The predicted octanol–water partition coefficient (Wildman–Crippen LogP) is 9.17. The Morgan fingerprint density at radius 1 is 1.02 bits per heavy atom. The lowest BCUT2D eigenvalue weighted by Crippen LogP contribution is -2.32. The Morgan fingerprint density at radius 3 is 1.89 bits per heavy atom. The van der Waals surface area contributed by atoms with Crippen LogP contribution in [0.4, 0.5) is 0 Å². The molecule has 0 amide bonds. The maximum Gasteiger partial charge on any atom is 0.122 e. The van der Waals surface area contributed by atoms with E-state index in [0.717, 1.165) is 43.4 Å². The van der Waals surface area contributed by atoms with Crippen LogP contribution in [-0.4, -0.2) is 61.4 Å². The lowest BCUT2D eigenvalue weighted by Gasteiger charge is -2.36. The number of aryl methyl sites for hydroxylation is 1. The fraction of sp³-hybridized carbons (Fsp3) is 0.684. The van der Waals surface area contributed by atoms with Crippen molar-refractivity contribution in [3.63, 3.8) is 0 Å². The first-order valence-corrected chi connectivity index (χ1v) is 16.7. The number of aliphatic hydroxyl groups excluding tert-OH is 3. The van der Waals surface area contributed by atoms with Crippen LogP contribution in [0.2, 0.25) is 0 Å². The van der Waals surface area contributed by atoms with Gasteiger partial charge in [0, 0.05) is 13.7 Å². The smallest absolute Gasteiger partial charge is 0.122 e. The van der Waals surface area contributed by atoms with Crippen molar-refractivity contribution in [1.82, 2.24) is 5.32 Å². The van der Waals surface area contributed by atoms with Gasteiger partial charge in [-0.1, -0.05) is 113 Å². The fourth-order valence-corrected chi connectivity index (χ4v) is 3.70. The van der Waals surface area contributed by atoms with Crippen LogP contribution in [0.15, 0.2) is 54.8 Å². The Kier molecular flexibility index (Phi) is 39.5. The number of hydrogen-bond donors (Lipinski definition) is 4. The normalized spacial score (nSPS) is 12.1. The van der Waals surface area contributed by atoms with Gasteiger partial charge in [-0.2, -0.15) is 0 Å². The van der Waals surface area contributed by atoms with Crippen LogP contribution >= 0.6 is 0 Å². The number of nitrogens with one attached hydrogen (secondary N) is 1. The highest BCUT2D eigenvalue weighted by Crippen LogP contribution is 2.42. The first kappa shape index (κ1) is 51.5. The lowest BCUT2D eigenvalue weighted by atomic mass is 9.73. The average Bonchev–Trinajstić information content (AvgIpc) is 3.05. The number of hydrogen-bond acceptors (Lipinski definition) is 6. The highest BCUT2D eigenvalue weighted by atomic mass is 16.5. The molecule has 1 rings (SSSR count). The van der Waals surface area contributed by atoms with Crippen LogP contribution in [0.1, 0.15) is 120 Å². The summed E-state index contributed by atoms with van der Waals surface area (Å²) in [5.74, 6) is 1.81. The van der Waals surface area contributed by atoms with Crippen molar-refractivity contribution in [3.8, 4) is 5.75 Å². The maximum atomic E-state index is 10.3. The minimum absolute atomic E-state index is 0.0584. The van der Waals surface area contributed by atoms with Crippen molar-refractivity contribution in [2.75, 3.05) is 33.9 Å². The van der Waals surface area contributed by atoms with Gasteiger partial charge in [0.15, 0.2) is 0 Å². The highest BCUT2D eigenvalue weighted by molar-refractivity contribution is 5.43. The summed E-state index contributed by atoms with van der Waals surface area (Å²) in [4.78, 5) is 0. The summed E-state index contributed by atoms with van der Waals surface area (Å²) in [6.45, 7) is 33.7. The molecule has 0 radical (unpaired) electrons. The maximum absolute atomic E-state index is 10.3. The Labute approximate surface area is 274 Å². The van der Waals surface area contributed by atoms with Gasteiger partial charge < -0.3 is 30.1 Å². The van der Waals surface area contributed by atoms with E-state index in [0.29, 0.717) is 6.54 Å². The molecule has 0 aromatic heterocycles. The Morgan fingerprint density at radius 2 is 1.55 bits per heavy atom. The fourth-order valence-electron chi connectivity index (χ4n) is 3.70. The number of likely N-dealkylation sites (N-methyl/N-ethyl adjacent to an activating group) is 1. The first-order chi connectivity index (χ1) is 21.0. The van der Waals surface area contributed by atoms with Gasteiger partial charge in [-0.05, 0) is 75.8 Å². The highest BCUT2D eigenvalue weighted by Gasteiger charge is 2.35. The van der Waals surface area contributed by atoms with Crippen LogP contribution in [0.3, 0.4) is 0 Å². The van der Waals surface area contributed by atoms with Crippen molar-refractivity contribution in [2.45, 2.75) is 134 Å². The summed E-state index contributed by atoms with van der Waals surface area (Å²) < 4.78 is 12.3. The zero-order chi connectivity index (χ0) is 35.8. The Balaban J connectivity index is -0.000000336. The van der Waals surface area contributed by atoms with E-state index in [1.165, 1.54) is 5.56 Å². The Bertz CT molecular complexity index is 806. The van der Waals surface area contributed by atoms with Crippen LogP contribution in [0.25, 0.3) is 0 Å². The van der Waals surface area contributed by atoms with Gasteiger partial charge >= 0.3 is 0 Å². The second-order valence-electron chi connectivity index (χ2n) is 10.2. The number of benzene rings is 1. The van der Waals surface area contributed by atoms with Gasteiger partial charge in [-0.3, -0.25) is 0 Å². The molecule has 4 N–H and O–H groups in total. The molecule has 2 atom stereocenters. The SMILES string of the molecule is C=CC(C)O/C(=C\C/C=C/C)C(CC)(CC)c1ccc(OCC(O)C(C)(C)C)c(C)c1.CC.CC.CC.CNCCO.CO. The van der Waals surface area contributed by atoms with Crippen LogP contribution in [0.5, 0.6) is 5.75 Å². The summed E-state index contributed by atoms with van der Waals surface area (Å²) >= 11 is 0. The monoisotopic (exact) mass is 626 g/mol. The summed E-state index contributed by atoms with van der Waals surface area (Å²) in [7, 11) is 2.80. The average molecular weight is 626 g/mol. The van der Waals surface area contributed by atoms with E-state index in [9.17, 15) is 5.11 Å². The molecule has 6 nitrogen and oxygen atoms in total. The molecule has 0 bridgehead atoms. The molecule has 0 heterocycles. The van der Waals surface area contributed by atoms with E-state index in [-0.39, 0.29) is 30.1 Å². The van der Waals surface area contributed by atoms with Crippen molar-refractivity contribution in [3.05, 3.63) is 66.0 Å². The van der Waals surface area contributed by atoms with Crippen molar-refractivity contribution in [1.29, 1.82) is 0 Å². The summed E-state index contributed by atoms with van der Waals surface area (Å²) in [6.07, 6.45) is 10.4. The third-order valence-electron chi connectivity index (χ3n) is 6.48. The molecule has 0 aliphatic rings. The van der Waals surface area contributed by atoms with Gasteiger partial charge in [-0.15, -0.1) is 0 Å². The van der Waals surface area contributed by atoms with E-state index >= 15 is 0 Å². The molecule has 0 saturated heterocycles. The minimum atomic E-state index is -0.521. The molecule has 1 aromatic rings. The third kappa shape index (κ3) is 21.6. The third-order valence-corrected chi connectivity index (χ3v) is 6.48. The van der Waals surface area contributed by atoms with E-state index in [1.807, 2.05) is 88.3 Å². The molecule has 262 valence electrons. The topological polar surface area (TPSA) is 91.2 Å². The second kappa shape index (κ2) is 33.8. The standard InChI is InChI=1S/C28H44O3.C3H9NO.3C2H6.CH4O/c1-10-14-15-16-26(31-22(6)11-2)28(12-3,13-4)23-17-18-24(21(5)19-23)30-20-25(29)27(7,8)9;1-4-2-3-5;4*1-2/h10-11,14,16-19,22,25,29H,2,12-13,15,20H2,1,3-9H3;4-5H,2-3H2,1H3;3*1-2H3;2H,1H3/b14-10+,26-16-;;;;;. The summed E-state index contributed by atoms with van der Waals surface area (Å²) in [5.41, 5.74) is 1.86. The van der Waals surface area contributed by atoms with E-state index < -0.39 is 6.10 Å². The van der Waals surface area contributed by atoms with Gasteiger partial charge in [0.1, 0.15) is 24.2 Å². The molecule has 0 spiro atoms. The molecule has 0 aliphatic heterocycles. The van der Waals surface area contributed by atoms with Crippen LogP contribution in [-0.2, 0) is 10.2 Å². The van der Waals surface area contributed by atoms with Crippen molar-refractivity contribution in [2.24, 2.45) is 5.41 Å².